The van der Waals surface area contributed by atoms with Crippen molar-refractivity contribution in [1.29, 1.82) is 0 Å². The van der Waals surface area contributed by atoms with E-state index in [1.807, 2.05) is 0 Å². The smallest absolute Gasteiger partial charge is 0.547 e. The Morgan fingerprint density at radius 2 is 1.84 bits per heavy atom. The maximum atomic E-state index is 13.4. The number of amides is 3. The van der Waals surface area contributed by atoms with Gasteiger partial charge in [-0.05, 0) is 34.4 Å². The topological polar surface area (TPSA) is 212 Å². The number of nitrogens with one attached hydrogen (secondary N) is 2. The number of β-lactam (4-membered cyclic amide) rings is 1. The number of carbonyl (C=O) groups is 5. The molecule has 2 N–H and O–H groups in total. The van der Waals surface area contributed by atoms with E-state index in [0.717, 1.165) is 4.90 Å². The molecule has 3 unspecified atom stereocenters. The van der Waals surface area contributed by atoms with Crippen molar-refractivity contribution in [1.82, 2.24) is 35.7 Å². The molecule has 0 radical (unpaired) electrons. The van der Waals surface area contributed by atoms with Gasteiger partial charge < -0.3 is 35.2 Å². The zero-order valence-electron chi connectivity index (χ0n) is 23.4. The number of tetrazole rings is 1. The van der Waals surface area contributed by atoms with Gasteiger partial charge in [-0.2, -0.15) is 0 Å². The molecule has 15 nitrogen and oxygen atoms in total. The largest absolute Gasteiger partial charge is 1.00 e. The molecule has 3 amide bonds. The van der Waals surface area contributed by atoms with Crippen molar-refractivity contribution in [3.8, 4) is 0 Å². The molecule has 2 saturated heterocycles. The summed E-state index contributed by atoms with van der Waals surface area (Å²) in [6, 6.07) is 6.01. The van der Waals surface area contributed by atoms with Crippen LogP contribution in [-0.2, 0) is 35.8 Å². The Labute approximate surface area is 297 Å². The molecule has 0 spiro atoms. The van der Waals surface area contributed by atoms with Gasteiger partial charge in [-0.25, -0.2) is 4.68 Å². The van der Waals surface area contributed by atoms with Gasteiger partial charge >= 0.3 is 59.1 Å². The minimum absolute atomic E-state index is 0. The van der Waals surface area contributed by atoms with Crippen LogP contribution in [0.4, 0.5) is 0 Å². The Morgan fingerprint density at radius 1 is 1.14 bits per heavy atom. The third kappa shape index (κ3) is 7.65. The molecule has 0 aliphatic carbocycles. The van der Waals surface area contributed by atoms with Gasteiger partial charge in [0, 0.05) is 18.6 Å². The molecule has 43 heavy (non-hydrogen) atoms. The summed E-state index contributed by atoms with van der Waals surface area (Å²) >= 11 is 2.49. The summed E-state index contributed by atoms with van der Waals surface area (Å²) < 4.78 is 6.68. The van der Waals surface area contributed by atoms with Crippen LogP contribution in [-0.4, -0.2) is 89.9 Å². The number of thioether (sulfide) groups is 2. The first-order valence-corrected chi connectivity index (χ1v) is 14.4. The second-order valence-corrected chi connectivity index (χ2v) is 11.4. The van der Waals surface area contributed by atoms with E-state index in [9.17, 15) is 34.2 Å². The number of carbonyl (C=O) groups excluding carboxylic acids is 5. The fraction of sp³-hybridized carbons (Fsp3) is 0.417. The standard InChI is InChI=1S/C24H25N7O8S2.2Na/c1-30-24(27-28-29-30)41-10-12-9-40-21-16(20(34)31(21)17(12)23(37)38)26-19(33)15(11-5-3-2-4-6-11)25-18(32)13-7-8-14(39-13)22(35)36;;/h2-6,13-16,21H,7-10H2,1H3,(H,25,32)(H,26,33)(H,35,36)(H,37,38);;/q;2*+1/p-2/t13?,14?,15?,16-,21-;;/m1../s1. The number of ether oxygens (including phenoxy) is 1. The molecule has 216 valence electrons. The number of fused-ring (bicyclic) bond motifs is 1. The number of aryl methyl sites for hydroxylation is 1. The Hall–Kier alpha value is -1.96. The van der Waals surface area contributed by atoms with Gasteiger partial charge in [0.1, 0.15) is 23.6 Å². The molecule has 0 bridgehead atoms. The van der Waals surface area contributed by atoms with Crippen LogP contribution in [0.2, 0.25) is 0 Å². The van der Waals surface area contributed by atoms with Gasteiger partial charge in [0.05, 0.1) is 23.7 Å². The Balaban J connectivity index is 0.00000253. The SMILES string of the molecule is Cn1nnnc1SCC1=C(C(=O)[O-])N2C(=O)[C@@H](NC(=O)C(NC(=O)C3CCC(C(=O)[O-])O3)c3ccccc3)[C@H]2SC1.[Na+].[Na+]. The van der Waals surface area contributed by atoms with Crippen LogP contribution < -0.4 is 80.0 Å². The monoisotopic (exact) mass is 647 g/mol. The van der Waals surface area contributed by atoms with Crippen molar-refractivity contribution < 1.29 is 98.0 Å². The number of aliphatic carboxylic acids is 2. The van der Waals surface area contributed by atoms with Gasteiger partial charge in [-0.3, -0.25) is 19.3 Å². The summed E-state index contributed by atoms with van der Waals surface area (Å²) in [5, 5.41) is 39.3. The number of nitrogens with zero attached hydrogens (tertiary/aromatic N) is 5. The number of hydrogen-bond acceptors (Lipinski definition) is 13. The molecule has 5 atom stereocenters. The summed E-state index contributed by atoms with van der Waals surface area (Å²) in [5.74, 6) is -4.48. The van der Waals surface area contributed by atoms with E-state index in [1.54, 1.807) is 37.4 Å². The molecule has 2 aromatic rings. The van der Waals surface area contributed by atoms with E-state index in [4.69, 9.17) is 4.74 Å². The zero-order chi connectivity index (χ0) is 29.3. The van der Waals surface area contributed by atoms with E-state index in [-0.39, 0.29) is 89.2 Å². The van der Waals surface area contributed by atoms with Crippen molar-refractivity contribution in [3.05, 3.63) is 47.2 Å². The number of carboxylic acids is 2. The summed E-state index contributed by atoms with van der Waals surface area (Å²) in [7, 11) is 1.64. The quantitative estimate of drug-likeness (QED) is 0.140. The van der Waals surface area contributed by atoms with Crippen molar-refractivity contribution in [2.24, 2.45) is 7.05 Å². The maximum absolute atomic E-state index is 13.4. The van der Waals surface area contributed by atoms with E-state index in [2.05, 4.69) is 26.2 Å². The van der Waals surface area contributed by atoms with Gasteiger partial charge in [-0.1, -0.05) is 42.1 Å². The molecule has 0 saturated carbocycles. The number of rotatable bonds is 10. The fourth-order valence-electron chi connectivity index (χ4n) is 4.70. The van der Waals surface area contributed by atoms with Gasteiger partial charge in [0.2, 0.25) is 17.0 Å². The van der Waals surface area contributed by atoms with Crippen molar-refractivity contribution in [2.75, 3.05) is 11.5 Å². The second-order valence-electron chi connectivity index (χ2n) is 9.37. The molecule has 4 heterocycles. The first kappa shape index (κ1) is 35.5. The molecule has 1 aromatic heterocycles. The third-order valence-corrected chi connectivity index (χ3v) is 9.19. The van der Waals surface area contributed by atoms with Crippen molar-refractivity contribution in [2.45, 2.75) is 47.7 Å². The summed E-state index contributed by atoms with van der Waals surface area (Å²) in [6.45, 7) is 0. The van der Waals surface area contributed by atoms with Crippen LogP contribution in [0.5, 0.6) is 0 Å². The first-order valence-electron chi connectivity index (χ1n) is 12.4. The van der Waals surface area contributed by atoms with Crippen LogP contribution in [0.25, 0.3) is 0 Å². The van der Waals surface area contributed by atoms with Gasteiger partial charge in [0.25, 0.3) is 5.91 Å². The van der Waals surface area contributed by atoms with Crippen LogP contribution in [0, 0.1) is 0 Å². The minimum atomic E-state index is -1.51. The molecule has 3 aliphatic rings. The predicted octanol–water partition coefficient (Wildman–Crippen LogP) is -9.13. The molecule has 2 fully saturated rings. The fourth-order valence-corrected chi connectivity index (χ4v) is 7.03. The zero-order valence-corrected chi connectivity index (χ0v) is 29.1. The molecule has 5 rings (SSSR count). The molecule has 19 heteroatoms. The molecular formula is C24H23N7Na2O8S2. The number of hydrogen-bond donors (Lipinski definition) is 2. The Bertz CT molecular complexity index is 1430. The number of carboxylic acid groups (broad SMARTS) is 2. The Kier molecular flexibility index (Phi) is 12.7. The summed E-state index contributed by atoms with van der Waals surface area (Å²) in [4.78, 5) is 63.7. The summed E-state index contributed by atoms with van der Waals surface area (Å²) in [5.41, 5.74) is 0.625. The van der Waals surface area contributed by atoms with E-state index in [0.29, 0.717) is 16.3 Å². The van der Waals surface area contributed by atoms with Crippen LogP contribution in [0.15, 0.2) is 46.8 Å². The normalized spacial score (nSPS) is 23.2. The van der Waals surface area contributed by atoms with Crippen molar-refractivity contribution in [3.63, 3.8) is 0 Å². The Morgan fingerprint density at radius 3 is 2.44 bits per heavy atom. The first-order chi connectivity index (χ1) is 19.7. The minimum Gasteiger partial charge on any atom is -0.547 e. The van der Waals surface area contributed by atoms with E-state index < -0.39 is 59.3 Å². The predicted molar refractivity (Wildman–Crippen MR) is 137 cm³/mol. The van der Waals surface area contributed by atoms with Gasteiger partial charge in [-0.15, -0.1) is 16.9 Å². The van der Waals surface area contributed by atoms with Crippen LogP contribution in [0.1, 0.15) is 24.4 Å². The molecular weight excluding hydrogens is 624 g/mol. The average Bonchev–Trinajstić information content (AvgIpc) is 3.62. The van der Waals surface area contributed by atoms with Gasteiger partial charge in [0.15, 0.2) is 0 Å². The van der Waals surface area contributed by atoms with Crippen LogP contribution >= 0.6 is 23.5 Å². The maximum Gasteiger partial charge on any atom is 1.00 e. The number of aromatic nitrogens is 4. The van der Waals surface area contributed by atoms with Crippen LogP contribution in [0.3, 0.4) is 0 Å². The number of benzene rings is 1. The summed E-state index contributed by atoms with van der Waals surface area (Å²) in [6.07, 6.45) is -2.08. The van der Waals surface area contributed by atoms with E-state index >= 15 is 0 Å². The average molecular weight is 648 g/mol. The van der Waals surface area contributed by atoms with Crippen molar-refractivity contribution >= 4 is 53.2 Å². The molecule has 1 aromatic carbocycles. The second kappa shape index (κ2) is 15.4. The third-order valence-electron chi connectivity index (χ3n) is 6.75. The molecule has 3 aliphatic heterocycles. The van der Waals surface area contributed by atoms with E-state index in [1.165, 1.54) is 28.2 Å².